The number of carbonyl (C=O) groups is 1. The Morgan fingerprint density at radius 1 is 1.12 bits per heavy atom. The Morgan fingerprint density at radius 3 is 2.33 bits per heavy atom. The van der Waals surface area contributed by atoms with Crippen LogP contribution in [-0.2, 0) is 0 Å². The molecular weight excluding hydrogens is 312 g/mol. The number of aliphatic hydroxyl groups is 2. The molecule has 0 fully saturated rings. The van der Waals surface area contributed by atoms with E-state index in [2.05, 4.69) is 0 Å². The molecule has 2 aliphatic rings. The standard InChI is InChI=1S/C18H22O6/c1-8(19)10-12(20)9-6-7-17(2,3)23-14(9)11-13(21)16(22)18(4,5)24-15(10)11/h6-7,13,16,20-22H,1-5H3/t13-,16+/m1/s1. The lowest BCUT2D eigenvalue weighted by molar-refractivity contribution is -0.113. The van der Waals surface area contributed by atoms with Crippen molar-refractivity contribution in [2.45, 2.75) is 58.0 Å². The highest BCUT2D eigenvalue weighted by Gasteiger charge is 2.47. The molecule has 0 saturated heterocycles. The monoisotopic (exact) mass is 334 g/mol. The lowest BCUT2D eigenvalue weighted by Gasteiger charge is -2.43. The second-order valence-corrected chi connectivity index (χ2v) is 7.40. The lowest BCUT2D eigenvalue weighted by atomic mass is 9.83. The summed E-state index contributed by atoms with van der Waals surface area (Å²) in [4.78, 5) is 12.1. The first-order valence-electron chi connectivity index (χ1n) is 7.83. The summed E-state index contributed by atoms with van der Waals surface area (Å²) < 4.78 is 11.7. The van der Waals surface area contributed by atoms with Gasteiger partial charge < -0.3 is 24.8 Å². The van der Waals surface area contributed by atoms with Crippen LogP contribution < -0.4 is 9.47 Å². The zero-order valence-electron chi connectivity index (χ0n) is 14.4. The zero-order valence-corrected chi connectivity index (χ0v) is 14.4. The van der Waals surface area contributed by atoms with Crippen molar-refractivity contribution in [3.05, 3.63) is 22.8 Å². The number of phenolic OH excluding ortho intramolecular Hbond substituents is 1. The van der Waals surface area contributed by atoms with Gasteiger partial charge in [0.15, 0.2) is 5.78 Å². The number of hydrogen-bond donors (Lipinski definition) is 3. The minimum Gasteiger partial charge on any atom is -0.506 e. The van der Waals surface area contributed by atoms with E-state index >= 15 is 0 Å². The highest BCUT2D eigenvalue weighted by atomic mass is 16.5. The first-order chi connectivity index (χ1) is 11.0. The van der Waals surface area contributed by atoms with Crippen LogP contribution in [0, 0.1) is 0 Å². The van der Waals surface area contributed by atoms with E-state index in [1.165, 1.54) is 6.92 Å². The van der Waals surface area contributed by atoms with Crippen molar-refractivity contribution >= 4 is 11.9 Å². The van der Waals surface area contributed by atoms with E-state index in [1.54, 1.807) is 26.0 Å². The van der Waals surface area contributed by atoms with Gasteiger partial charge in [-0.05, 0) is 46.8 Å². The fraction of sp³-hybridized carbons (Fsp3) is 0.500. The third kappa shape index (κ3) is 2.29. The molecule has 0 aliphatic carbocycles. The van der Waals surface area contributed by atoms with Crippen LogP contribution in [0.15, 0.2) is 6.08 Å². The van der Waals surface area contributed by atoms with E-state index < -0.39 is 29.2 Å². The van der Waals surface area contributed by atoms with Gasteiger partial charge in [0.2, 0.25) is 0 Å². The van der Waals surface area contributed by atoms with Crippen molar-refractivity contribution < 1.29 is 29.6 Å². The Labute approximate surface area is 140 Å². The van der Waals surface area contributed by atoms with E-state index in [1.807, 2.05) is 13.8 Å². The third-order valence-corrected chi connectivity index (χ3v) is 4.49. The SMILES string of the molecule is CC(=O)c1c(O)c2c(c3c1OC(C)(C)[C@@H](O)[C@@H]3O)OC(C)(C)C=C2. The Hall–Kier alpha value is -2.05. The fourth-order valence-corrected chi connectivity index (χ4v) is 3.14. The van der Waals surface area contributed by atoms with Crippen molar-refractivity contribution in [3.63, 3.8) is 0 Å². The van der Waals surface area contributed by atoms with Crippen molar-refractivity contribution in [2.75, 3.05) is 0 Å². The Morgan fingerprint density at radius 2 is 1.75 bits per heavy atom. The maximum absolute atomic E-state index is 12.1. The largest absolute Gasteiger partial charge is 0.506 e. The summed E-state index contributed by atoms with van der Waals surface area (Å²) in [5.41, 5.74) is -1.32. The Balaban J connectivity index is 2.39. The molecule has 2 atom stereocenters. The summed E-state index contributed by atoms with van der Waals surface area (Å²) in [7, 11) is 0. The number of aliphatic hydroxyl groups excluding tert-OH is 2. The summed E-state index contributed by atoms with van der Waals surface area (Å²) in [5.74, 6) is -0.360. The second-order valence-electron chi connectivity index (χ2n) is 7.40. The minimum atomic E-state index is -1.31. The number of ether oxygens (including phenoxy) is 2. The van der Waals surface area contributed by atoms with Crippen LogP contribution in [0.1, 0.15) is 62.2 Å². The van der Waals surface area contributed by atoms with E-state index in [4.69, 9.17) is 9.47 Å². The fourth-order valence-electron chi connectivity index (χ4n) is 3.14. The molecule has 130 valence electrons. The topological polar surface area (TPSA) is 96.2 Å². The number of rotatable bonds is 1. The summed E-state index contributed by atoms with van der Waals surface area (Å²) in [6.45, 7) is 8.17. The van der Waals surface area contributed by atoms with Gasteiger partial charge in [0.25, 0.3) is 0 Å². The Bertz CT molecular complexity index is 760. The van der Waals surface area contributed by atoms with E-state index in [9.17, 15) is 20.1 Å². The first-order valence-corrected chi connectivity index (χ1v) is 7.83. The molecule has 3 N–H and O–H groups in total. The van der Waals surface area contributed by atoms with Gasteiger partial charge in [0.05, 0.1) is 11.1 Å². The maximum Gasteiger partial charge on any atom is 0.167 e. The summed E-state index contributed by atoms with van der Waals surface area (Å²) in [6, 6.07) is 0. The molecule has 2 aliphatic heterocycles. The van der Waals surface area contributed by atoms with Crippen molar-refractivity contribution in [1.82, 2.24) is 0 Å². The average Bonchev–Trinajstić information content (AvgIpc) is 2.43. The van der Waals surface area contributed by atoms with Gasteiger partial charge >= 0.3 is 0 Å². The lowest BCUT2D eigenvalue weighted by Crippen LogP contribution is -2.49. The second kappa shape index (κ2) is 4.97. The molecule has 0 saturated carbocycles. The molecule has 3 rings (SSSR count). The van der Waals surface area contributed by atoms with Crippen LogP contribution in [0.2, 0.25) is 0 Å². The number of aromatic hydroxyl groups is 1. The number of Topliss-reactive ketones (excluding diaryl/α,β-unsaturated/α-hetero) is 1. The summed E-state index contributed by atoms with van der Waals surface area (Å²) in [5, 5.41) is 31.6. The molecule has 0 spiro atoms. The van der Waals surface area contributed by atoms with Gasteiger partial charge in [-0.25, -0.2) is 0 Å². The maximum atomic E-state index is 12.1. The first kappa shape index (κ1) is 16.8. The Kier molecular flexibility index (Phi) is 3.48. The predicted molar refractivity (Wildman–Crippen MR) is 87.5 cm³/mol. The minimum absolute atomic E-state index is 0.0178. The van der Waals surface area contributed by atoms with E-state index in [0.717, 1.165) is 0 Å². The molecule has 0 amide bonds. The summed E-state index contributed by atoms with van der Waals surface area (Å²) in [6.07, 6.45) is 0.885. The molecule has 24 heavy (non-hydrogen) atoms. The zero-order chi connectivity index (χ0) is 18.0. The molecule has 0 unspecified atom stereocenters. The highest BCUT2D eigenvalue weighted by molar-refractivity contribution is 6.02. The molecule has 0 bridgehead atoms. The molecule has 2 heterocycles. The molecular formula is C18H22O6. The predicted octanol–water partition coefficient (Wildman–Crippen LogP) is 2.34. The molecule has 0 aromatic heterocycles. The molecule has 0 radical (unpaired) electrons. The van der Waals surface area contributed by atoms with Crippen LogP contribution in [-0.4, -0.2) is 38.4 Å². The van der Waals surface area contributed by atoms with E-state index in [0.29, 0.717) is 5.56 Å². The van der Waals surface area contributed by atoms with Gasteiger partial charge in [0, 0.05) is 0 Å². The number of carbonyl (C=O) groups excluding carboxylic acids is 1. The number of fused-ring (bicyclic) bond motifs is 3. The molecule has 6 nitrogen and oxygen atoms in total. The van der Waals surface area contributed by atoms with Crippen molar-refractivity contribution in [1.29, 1.82) is 0 Å². The van der Waals surface area contributed by atoms with E-state index in [-0.39, 0.29) is 28.4 Å². The highest BCUT2D eigenvalue weighted by Crippen LogP contribution is 2.53. The summed E-state index contributed by atoms with van der Waals surface area (Å²) >= 11 is 0. The van der Waals surface area contributed by atoms with Crippen LogP contribution in [0.4, 0.5) is 0 Å². The number of hydrogen-bond acceptors (Lipinski definition) is 6. The van der Waals surface area contributed by atoms with Gasteiger partial charge in [-0.15, -0.1) is 0 Å². The third-order valence-electron chi connectivity index (χ3n) is 4.49. The number of benzene rings is 1. The van der Waals surface area contributed by atoms with Crippen LogP contribution in [0.5, 0.6) is 17.2 Å². The number of phenols is 1. The molecule has 1 aromatic carbocycles. The van der Waals surface area contributed by atoms with Gasteiger partial charge in [-0.1, -0.05) is 0 Å². The quantitative estimate of drug-likeness (QED) is 0.682. The van der Waals surface area contributed by atoms with Crippen molar-refractivity contribution in [2.24, 2.45) is 0 Å². The smallest absolute Gasteiger partial charge is 0.167 e. The van der Waals surface area contributed by atoms with Crippen LogP contribution in [0.3, 0.4) is 0 Å². The van der Waals surface area contributed by atoms with Crippen LogP contribution >= 0.6 is 0 Å². The van der Waals surface area contributed by atoms with Crippen LogP contribution in [0.25, 0.3) is 6.08 Å². The number of ketones is 1. The van der Waals surface area contributed by atoms with Gasteiger partial charge in [0.1, 0.15) is 46.2 Å². The molecule has 1 aromatic rings. The average molecular weight is 334 g/mol. The van der Waals surface area contributed by atoms with Crippen molar-refractivity contribution in [3.8, 4) is 17.2 Å². The molecule has 6 heteroatoms. The van der Waals surface area contributed by atoms with Gasteiger partial charge in [-0.3, -0.25) is 4.79 Å². The normalized spacial score (nSPS) is 26.0. The van der Waals surface area contributed by atoms with Gasteiger partial charge in [-0.2, -0.15) is 0 Å².